The van der Waals surface area contributed by atoms with Gasteiger partial charge in [-0.25, -0.2) is 4.98 Å². The molecule has 1 aromatic carbocycles. The van der Waals surface area contributed by atoms with Gasteiger partial charge in [0.2, 0.25) is 5.95 Å². The molecule has 2 heterocycles. The monoisotopic (exact) mass is 411 g/mol. The molecule has 1 aliphatic rings. The molecule has 2 aromatic heterocycles. The highest BCUT2D eigenvalue weighted by atomic mass is 79.9. The third kappa shape index (κ3) is 3.03. The second kappa shape index (κ2) is 6.50. The Hall–Kier alpha value is -2.21. The van der Waals surface area contributed by atoms with Crippen molar-refractivity contribution in [1.29, 1.82) is 0 Å². The Labute approximate surface area is 161 Å². The molecule has 0 atom stereocenters. The summed E-state index contributed by atoms with van der Waals surface area (Å²) in [5, 5.41) is 4.44. The number of benzene rings is 1. The zero-order chi connectivity index (χ0) is 18.3. The molecule has 6 heteroatoms. The van der Waals surface area contributed by atoms with E-state index in [0.717, 1.165) is 34.0 Å². The summed E-state index contributed by atoms with van der Waals surface area (Å²) in [7, 11) is 0. The molecule has 0 spiro atoms. The summed E-state index contributed by atoms with van der Waals surface area (Å²) in [5.41, 5.74) is 9.98. The third-order valence-electron chi connectivity index (χ3n) is 5.21. The number of nitrogen functional groups attached to an aromatic ring is 1. The molecular weight excluding hydrogens is 390 g/mol. The number of hydrogen-bond acceptors (Lipinski definition) is 5. The van der Waals surface area contributed by atoms with Gasteiger partial charge >= 0.3 is 0 Å². The molecule has 1 aliphatic carbocycles. The van der Waals surface area contributed by atoms with E-state index in [9.17, 15) is 0 Å². The molecule has 4 rings (SSSR count). The SMILES string of the molecule is Cc1cc(C)c2c(N)nc(NC3(c4cccc(Br)c4)CCCC3)nc2n1. The van der Waals surface area contributed by atoms with Crippen molar-refractivity contribution in [2.75, 3.05) is 11.1 Å². The summed E-state index contributed by atoms with van der Waals surface area (Å²) in [6.07, 6.45) is 4.45. The quantitative estimate of drug-likeness (QED) is 0.642. The second-order valence-corrected chi connectivity index (χ2v) is 8.05. The van der Waals surface area contributed by atoms with Gasteiger partial charge in [-0.1, -0.05) is 40.9 Å². The van der Waals surface area contributed by atoms with Crippen LogP contribution in [0.4, 0.5) is 11.8 Å². The van der Waals surface area contributed by atoms with Crippen molar-refractivity contribution in [3.05, 3.63) is 51.6 Å². The number of hydrogen-bond donors (Lipinski definition) is 2. The Morgan fingerprint density at radius 1 is 1.08 bits per heavy atom. The van der Waals surface area contributed by atoms with E-state index >= 15 is 0 Å². The smallest absolute Gasteiger partial charge is 0.227 e. The van der Waals surface area contributed by atoms with E-state index in [0.29, 0.717) is 17.4 Å². The minimum absolute atomic E-state index is 0.164. The zero-order valence-electron chi connectivity index (χ0n) is 15.0. The number of anilines is 2. The van der Waals surface area contributed by atoms with Gasteiger partial charge in [0.25, 0.3) is 0 Å². The van der Waals surface area contributed by atoms with Gasteiger partial charge in [0.05, 0.1) is 10.9 Å². The van der Waals surface area contributed by atoms with E-state index in [-0.39, 0.29) is 5.54 Å². The van der Waals surface area contributed by atoms with E-state index in [1.165, 1.54) is 18.4 Å². The largest absolute Gasteiger partial charge is 0.383 e. The van der Waals surface area contributed by atoms with Crippen LogP contribution in [0.15, 0.2) is 34.8 Å². The first-order valence-corrected chi connectivity index (χ1v) is 9.72. The van der Waals surface area contributed by atoms with Gasteiger partial charge in [-0.3, -0.25) is 0 Å². The lowest BCUT2D eigenvalue weighted by molar-refractivity contribution is 0.504. The molecule has 0 saturated heterocycles. The molecule has 3 N–H and O–H groups in total. The lowest BCUT2D eigenvalue weighted by atomic mass is 9.88. The number of nitrogens with zero attached hydrogens (tertiary/aromatic N) is 3. The van der Waals surface area contributed by atoms with E-state index in [1.54, 1.807) is 0 Å². The number of nitrogens with one attached hydrogen (secondary N) is 1. The topological polar surface area (TPSA) is 76.7 Å². The molecular formula is C20H22BrN5. The average Bonchev–Trinajstić information content (AvgIpc) is 3.03. The third-order valence-corrected chi connectivity index (χ3v) is 5.70. The van der Waals surface area contributed by atoms with Gasteiger partial charge in [0.1, 0.15) is 5.82 Å². The standard InChI is InChI=1S/C20H22BrN5/c1-12-10-13(2)23-18-16(12)17(22)24-19(25-18)26-20(8-3-4-9-20)14-6-5-7-15(21)11-14/h5-7,10-11H,3-4,8-9H2,1-2H3,(H3,22,23,24,25,26). The maximum absolute atomic E-state index is 6.25. The number of halogens is 1. The summed E-state index contributed by atoms with van der Waals surface area (Å²) < 4.78 is 1.08. The van der Waals surface area contributed by atoms with Crippen LogP contribution in [0.5, 0.6) is 0 Å². The minimum atomic E-state index is -0.164. The van der Waals surface area contributed by atoms with Crippen LogP contribution in [0.3, 0.4) is 0 Å². The summed E-state index contributed by atoms with van der Waals surface area (Å²) in [5.74, 6) is 1.03. The van der Waals surface area contributed by atoms with Crippen LogP contribution in [0.25, 0.3) is 11.0 Å². The van der Waals surface area contributed by atoms with Crippen LogP contribution in [0, 0.1) is 13.8 Å². The van der Waals surface area contributed by atoms with Crippen LogP contribution < -0.4 is 11.1 Å². The highest BCUT2D eigenvalue weighted by Gasteiger charge is 2.36. The zero-order valence-corrected chi connectivity index (χ0v) is 16.6. The molecule has 0 bridgehead atoms. The lowest BCUT2D eigenvalue weighted by Gasteiger charge is -2.31. The van der Waals surface area contributed by atoms with Crippen molar-refractivity contribution in [1.82, 2.24) is 15.0 Å². The van der Waals surface area contributed by atoms with E-state index < -0.39 is 0 Å². The maximum atomic E-state index is 6.25. The first kappa shape index (κ1) is 17.2. The van der Waals surface area contributed by atoms with Crippen molar-refractivity contribution in [3.8, 4) is 0 Å². The Morgan fingerprint density at radius 2 is 1.85 bits per heavy atom. The van der Waals surface area contributed by atoms with Gasteiger partial charge in [-0.2, -0.15) is 9.97 Å². The molecule has 0 amide bonds. The number of aryl methyl sites for hydroxylation is 2. The average molecular weight is 412 g/mol. The van der Waals surface area contributed by atoms with Gasteiger partial charge in [-0.05, 0) is 56.0 Å². The Bertz CT molecular complexity index is 979. The van der Waals surface area contributed by atoms with E-state index in [1.807, 2.05) is 26.0 Å². The number of pyridine rings is 1. The molecule has 26 heavy (non-hydrogen) atoms. The van der Waals surface area contributed by atoms with Gasteiger partial charge in [0.15, 0.2) is 5.65 Å². The van der Waals surface area contributed by atoms with Gasteiger partial charge < -0.3 is 11.1 Å². The highest BCUT2D eigenvalue weighted by Crippen LogP contribution is 2.42. The van der Waals surface area contributed by atoms with E-state index in [2.05, 4.69) is 54.4 Å². The molecule has 0 unspecified atom stereocenters. The number of rotatable bonds is 3. The Balaban J connectivity index is 1.79. The van der Waals surface area contributed by atoms with Crippen molar-refractivity contribution in [2.24, 2.45) is 0 Å². The van der Waals surface area contributed by atoms with Crippen LogP contribution >= 0.6 is 15.9 Å². The fourth-order valence-corrected chi connectivity index (χ4v) is 4.43. The molecule has 0 radical (unpaired) electrons. The normalized spacial score (nSPS) is 16.1. The highest BCUT2D eigenvalue weighted by molar-refractivity contribution is 9.10. The minimum Gasteiger partial charge on any atom is -0.383 e. The van der Waals surface area contributed by atoms with Crippen molar-refractivity contribution >= 4 is 38.7 Å². The molecule has 1 saturated carbocycles. The predicted octanol–water partition coefficient (Wildman–Crippen LogP) is 4.87. The number of aromatic nitrogens is 3. The summed E-state index contributed by atoms with van der Waals surface area (Å²) in [6, 6.07) is 10.5. The molecule has 3 aromatic rings. The first-order chi connectivity index (χ1) is 12.5. The summed E-state index contributed by atoms with van der Waals surface area (Å²) >= 11 is 3.59. The Kier molecular flexibility index (Phi) is 4.31. The summed E-state index contributed by atoms with van der Waals surface area (Å²) in [4.78, 5) is 13.8. The first-order valence-electron chi connectivity index (χ1n) is 8.93. The molecule has 5 nitrogen and oxygen atoms in total. The van der Waals surface area contributed by atoms with Crippen LogP contribution in [-0.4, -0.2) is 15.0 Å². The number of fused-ring (bicyclic) bond motifs is 1. The van der Waals surface area contributed by atoms with Gasteiger partial charge in [0, 0.05) is 10.2 Å². The molecule has 0 aliphatic heterocycles. The number of nitrogens with two attached hydrogens (primary N) is 1. The maximum Gasteiger partial charge on any atom is 0.227 e. The fraction of sp³-hybridized carbons (Fsp3) is 0.350. The van der Waals surface area contributed by atoms with E-state index in [4.69, 9.17) is 5.73 Å². The second-order valence-electron chi connectivity index (χ2n) is 7.14. The summed E-state index contributed by atoms with van der Waals surface area (Å²) in [6.45, 7) is 3.99. The van der Waals surface area contributed by atoms with Crippen molar-refractivity contribution in [2.45, 2.75) is 45.1 Å². The van der Waals surface area contributed by atoms with Crippen molar-refractivity contribution in [3.63, 3.8) is 0 Å². The molecule has 134 valence electrons. The van der Waals surface area contributed by atoms with Crippen LogP contribution in [0.2, 0.25) is 0 Å². The molecule has 1 fully saturated rings. The predicted molar refractivity (Wildman–Crippen MR) is 109 cm³/mol. The van der Waals surface area contributed by atoms with Crippen LogP contribution in [0.1, 0.15) is 42.5 Å². The van der Waals surface area contributed by atoms with Crippen molar-refractivity contribution < 1.29 is 0 Å². The van der Waals surface area contributed by atoms with Crippen LogP contribution in [-0.2, 0) is 5.54 Å². The van der Waals surface area contributed by atoms with Gasteiger partial charge in [-0.15, -0.1) is 0 Å². The fourth-order valence-electron chi connectivity index (χ4n) is 4.03. The lowest BCUT2D eigenvalue weighted by Crippen LogP contribution is -2.33. The Morgan fingerprint density at radius 3 is 2.58 bits per heavy atom.